The molecule has 0 saturated heterocycles. The summed E-state index contributed by atoms with van der Waals surface area (Å²) in [6.07, 6.45) is 2.05. The molecule has 0 aromatic heterocycles. The molecule has 1 saturated carbocycles. The zero-order valence-electron chi connectivity index (χ0n) is 11.1. The average molecular weight is 292 g/mol. The van der Waals surface area contributed by atoms with Crippen molar-refractivity contribution in [3.63, 3.8) is 0 Å². The number of rotatable bonds is 8. The first-order chi connectivity index (χ1) is 8.77. The molecular formula is C11H20N2O5S. The lowest BCUT2D eigenvalue weighted by Gasteiger charge is -2.17. The van der Waals surface area contributed by atoms with E-state index in [4.69, 9.17) is 5.11 Å². The van der Waals surface area contributed by atoms with Crippen LogP contribution in [0.25, 0.3) is 0 Å². The number of nitrogens with one attached hydrogen (secondary N) is 1. The lowest BCUT2D eigenvalue weighted by molar-refractivity contribution is -0.140. The van der Waals surface area contributed by atoms with Crippen LogP contribution in [0.2, 0.25) is 0 Å². The molecule has 1 amide bonds. The lowest BCUT2D eigenvalue weighted by atomic mass is 10.3. The fourth-order valence-corrected chi connectivity index (χ4v) is 2.84. The Morgan fingerprint density at radius 2 is 2.00 bits per heavy atom. The van der Waals surface area contributed by atoms with Gasteiger partial charge in [0.05, 0.1) is 18.1 Å². The Bertz CT molecular complexity index is 448. The van der Waals surface area contributed by atoms with Gasteiger partial charge in [-0.25, -0.2) is 12.7 Å². The number of aliphatic carboxylic acids is 1. The Morgan fingerprint density at radius 1 is 1.37 bits per heavy atom. The van der Waals surface area contributed by atoms with E-state index in [1.54, 1.807) is 6.92 Å². The molecule has 0 aromatic carbocycles. The van der Waals surface area contributed by atoms with Gasteiger partial charge in [0, 0.05) is 19.6 Å². The number of sulfonamides is 1. The maximum absolute atomic E-state index is 11.5. The molecule has 0 bridgehead atoms. The monoisotopic (exact) mass is 292 g/mol. The first-order valence-corrected chi connectivity index (χ1v) is 8.07. The van der Waals surface area contributed by atoms with Gasteiger partial charge in [0.15, 0.2) is 0 Å². The Labute approximate surface area is 113 Å². The van der Waals surface area contributed by atoms with Gasteiger partial charge in [-0.2, -0.15) is 0 Å². The molecule has 1 fully saturated rings. The van der Waals surface area contributed by atoms with Crippen molar-refractivity contribution < 1.29 is 23.1 Å². The van der Waals surface area contributed by atoms with E-state index in [0.29, 0.717) is 32.5 Å². The predicted molar refractivity (Wildman–Crippen MR) is 69.0 cm³/mol. The topological polar surface area (TPSA) is 104 Å². The number of carbonyl (C=O) groups excluding carboxylic acids is 1. The second-order valence-electron chi connectivity index (χ2n) is 4.69. The fourth-order valence-electron chi connectivity index (χ4n) is 1.91. The predicted octanol–water partition coefficient (Wildman–Crippen LogP) is -0.505. The van der Waals surface area contributed by atoms with Crippen LogP contribution in [0.1, 0.15) is 19.8 Å². The van der Waals surface area contributed by atoms with Crippen LogP contribution < -0.4 is 5.32 Å². The summed E-state index contributed by atoms with van der Waals surface area (Å²) in [6.45, 7) is 2.86. The third kappa shape index (κ3) is 4.79. The van der Waals surface area contributed by atoms with E-state index in [1.165, 1.54) is 4.31 Å². The third-order valence-electron chi connectivity index (χ3n) is 3.15. The second kappa shape index (κ2) is 6.33. The van der Waals surface area contributed by atoms with Crippen molar-refractivity contribution in [2.24, 2.45) is 11.8 Å². The van der Waals surface area contributed by atoms with Gasteiger partial charge in [0.2, 0.25) is 15.9 Å². The molecule has 0 spiro atoms. The number of nitrogens with zero attached hydrogens (tertiary/aromatic N) is 1. The molecule has 1 aliphatic rings. The van der Waals surface area contributed by atoms with Crippen LogP contribution in [0, 0.1) is 11.8 Å². The van der Waals surface area contributed by atoms with Gasteiger partial charge in [0.1, 0.15) is 0 Å². The minimum absolute atomic E-state index is 0.255. The van der Waals surface area contributed by atoms with E-state index >= 15 is 0 Å². The highest BCUT2D eigenvalue weighted by Crippen LogP contribution is 2.38. The standard InChI is InChI=1S/C11H20N2O5S/c1-3-13(19(2,17)18)6-4-5-12-10(14)8-7-9(8)11(15)16/h8-9H,3-7H2,1-2H3,(H,12,14)(H,15,16)/t8-,9+/m1/s1. The summed E-state index contributed by atoms with van der Waals surface area (Å²) in [7, 11) is -3.20. The molecule has 1 rings (SSSR count). The van der Waals surface area contributed by atoms with Crippen LogP contribution in [0.5, 0.6) is 0 Å². The number of amides is 1. The van der Waals surface area contributed by atoms with Crippen molar-refractivity contribution in [2.45, 2.75) is 19.8 Å². The molecule has 0 aliphatic heterocycles. The first-order valence-electron chi connectivity index (χ1n) is 6.23. The van der Waals surface area contributed by atoms with Gasteiger partial charge in [-0.15, -0.1) is 0 Å². The maximum atomic E-state index is 11.5. The quantitative estimate of drug-likeness (QED) is 0.587. The highest BCUT2D eigenvalue weighted by Gasteiger charge is 2.48. The third-order valence-corrected chi connectivity index (χ3v) is 4.53. The average Bonchev–Trinajstić information content (AvgIpc) is 3.06. The molecule has 1 aliphatic carbocycles. The van der Waals surface area contributed by atoms with E-state index in [-0.39, 0.29) is 5.91 Å². The summed E-state index contributed by atoms with van der Waals surface area (Å²) in [5, 5.41) is 11.3. The van der Waals surface area contributed by atoms with Crippen LogP contribution in [0.15, 0.2) is 0 Å². The Kier molecular flexibility index (Phi) is 5.30. The summed E-state index contributed by atoms with van der Waals surface area (Å²) in [5.74, 6) is -2.16. The van der Waals surface area contributed by atoms with Crippen molar-refractivity contribution in [2.75, 3.05) is 25.9 Å². The van der Waals surface area contributed by atoms with Crippen molar-refractivity contribution in [1.29, 1.82) is 0 Å². The largest absolute Gasteiger partial charge is 0.481 e. The first kappa shape index (κ1) is 15.9. The Hall–Kier alpha value is -1.15. The fraction of sp³-hybridized carbons (Fsp3) is 0.818. The van der Waals surface area contributed by atoms with Crippen molar-refractivity contribution in [1.82, 2.24) is 9.62 Å². The maximum Gasteiger partial charge on any atom is 0.307 e. The van der Waals surface area contributed by atoms with Crippen LogP contribution in [0.4, 0.5) is 0 Å². The molecule has 0 heterocycles. The molecule has 7 nitrogen and oxygen atoms in total. The van der Waals surface area contributed by atoms with Crippen molar-refractivity contribution >= 4 is 21.9 Å². The molecule has 0 aromatic rings. The van der Waals surface area contributed by atoms with Gasteiger partial charge in [-0.3, -0.25) is 9.59 Å². The molecule has 110 valence electrons. The van der Waals surface area contributed by atoms with E-state index in [0.717, 1.165) is 6.26 Å². The number of hydrogen-bond acceptors (Lipinski definition) is 4. The van der Waals surface area contributed by atoms with Crippen LogP contribution in [-0.2, 0) is 19.6 Å². The summed E-state index contributed by atoms with van der Waals surface area (Å²) >= 11 is 0. The Balaban J connectivity index is 2.21. The molecule has 8 heteroatoms. The van der Waals surface area contributed by atoms with Gasteiger partial charge in [-0.05, 0) is 12.8 Å². The van der Waals surface area contributed by atoms with Gasteiger partial charge >= 0.3 is 5.97 Å². The van der Waals surface area contributed by atoms with Crippen molar-refractivity contribution in [3.05, 3.63) is 0 Å². The lowest BCUT2D eigenvalue weighted by Crippen LogP contribution is -2.34. The molecule has 19 heavy (non-hydrogen) atoms. The number of carboxylic acid groups (broad SMARTS) is 1. The SMILES string of the molecule is CCN(CCCNC(=O)[C@@H]1C[C@@H]1C(=O)O)S(C)(=O)=O. The van der Waals surface area contributed by atoms with Crippen LogP contribution in [-0.4, -0.2) is 55.6 Å². The zero-order valence-corrected chi connectivity index (χ0v) is 11.9. The number of hydrogen-bond donors (Lipinski definition) is 2. The van der Waals surface area contributed by atoms with E-state index in [2.05, 4.69) is 5.32 Å². The second-order valence-corrected chi connectivity index (χ2v) is 6.67. The molecule has 0 unspecified atom stereocenters. The number of carboxylic acids is 1. The molecule has 2 atom stereocenters. The van der Waals surface area contributed by atoms with Crippen molar-refractivity contribution in [3.8, 4) is 0 Å². The van der Waals surface area contributed by atoms with E-state index in [9.17, 15) is 18.0 Å². The molecular weight excluding hydrogens is 272 g/mol. The van der Waals surface area contributed by atoms with E-state index < -0.39 is 27.8 Å². The van der Waals surface area contributed by atoms with Gasteiger partial charge < -0.3 is 10.4 Å². The summed E-state index contributed by atoms with van der Waals surface area (Å²) in [4.78, 5) is 22.1. The highest BCUT2D eigenvalue weighted by atomic mass is 32.2. The van der Waals surface area contributed by atoms with Gasteiger partial charge in [0.25, 0.3) is 0 Å². The summed E-state index contributed by atoms with van der Waals surface area (Å²) < 4.78 is 23.9. The Morgan fingerprint density at radius 3 is 2.42 bits per heavy atom. The molecule has 0 radical (unpaired) electrons. The van der Waals surface area contributed by atoms with Crippen LogP contribution >= 0.6 is 0 Å². The van der Waals surface area contributed by atoms with Crippen LogP contribution in [0.3, 0.4) is 0 Å². The zero-order chi connectivity index (χ0) is 14.6. The normalized spacial score (nSPS) is 22.3. The summed E-state index contributed by atoms with van der Waals surface area (Å²) in [5.41, 5.74) is 0. The van der Waals surface area contributed by atoms with E-state index in [1.807, 2.05) is 0 Å². The molecule has 2 N–H and O–H groups in total. The minimum atomic E-state index is -3.20. The summed E-state index contributed by atoms with van der Waals surface area (Å²) in [6, 6.07) is 0. The minimum Gasteiger partial charge on any atom is -0.481 e. The smallest absolute Gasteiger partial charge is 0.307 e. The number of carbonyl (C=O) groups is 2. The highest BCUT2D eigenvalue weighted by molar-refractivity contribution is 7.88. The van der Waals surface area contributed by atoms with Gasteiger partial charge in [-0.1, -0.05) is 6.92 Å².